The van der Waals surface area contributed by atoms with Crippen molar-refractivity contribution in [3.8, 4) is 28.3 Å². The molecule has 0 heterocycles. The molecule has 0 aliphatic heterocycles. The van der Waals surface area contributed by atoms with Crippen molar-refractivity contribution in [3.05, 3.63) is 83.7 Å². The Morgan fingerprint density at radius 1 is 0.833 bits per heavy atom. The highest BCUT2D eigenvalue weighted by molar-refractivity contribution is 5.71. The summed E-state index contributed by atoms with van der Waals surface area (Å²) >= 11 is 0. The Kier molecular flexibility index (Phi) is 4.72. The van der Waals surface area contributed by atoms with Crippen LogP contribution in [0, 0.1) is 17.1 Å². The number of halogens is 1. The molecule has 0 aliphatic carbocycles. The van der Waals surface area contributed by atoms with Gasteiger partial charge >= 0.3 is 0 Å². The molecular weight excluding hydrogens is 297 g/mol. The maximum Gasteiger partial charge on any atom is 0.131 e. The fourth-order valence-electron chi connectivity index (χ4n) is 2.82. The van der Waals surface area contributed by atoms with Gasteiger partial charge in [-0.25, -0.2) is 4.39 Å². The predicted octanol–water partition coefficient (Wildman–Crippen LogP) is 5.98. The highest BCUT2D eigenvalue weighted by Crippen LogP contribution is 2.27. The second-order valence-electron chi connectivity index (χ2n) is 5.83. The first-order valence-corrected chi connectivity index (χ1v) is 8.10. The summed E-state index contributed by atoms with van der Waals surface area (Å²) < 4.78 is 14.3. The van der Waals surface area contributed by atoms with E-state index in [0.29, 0.717) is 11.1 Å². The smallest absolute Gasteiger partial charge is 0.131 e. The summed E-state index contributed by atoms with van der Waals surface area (Å²) in [5.74, 6) is -0.174. The van der Waals surface area contributed by atoms with Gasteiger partial charge in [-0.15, -0.1) is 0 Å². The van der Waals surface area contributed by atoms with Gasteiger partial charge in [0, 0.05) is 5.56 Å². The van der Waals surface area contributed by atoms with E-state index in [1.54, 1.807) is 18.2 Å². The lowest BCUT2D eigenvalue weighted by Gasteiger charge is -2.08. The average molecular weight is 315 g/mol. The third-order valence-corrected chi connectivity index (χ3v) is 4.12. The molecule has 0 amide bonds. The van der Waals surface area contributed by atoms with E-state index in [1.165, 1.54) is 0 Å². The van der Waals surface area contributed by atoms with Gasteiger partial charge in [0.2, 0.25) is 0 Å². The molecular formula is C22H18FN. The minimum Gasteiger partial charge on any atom is -0.206 e. The first-order valence-electron chi connectivity index (χ1n) is 8.10. The topological polar surface area (TPSA) is 23.8 Å². The van der Waals surface area contributed by atoms with E-state index in [9.17, 15) is 4.39 Å². The first kappa shape index (κ1) is 16.0. The Bertz CT molecular complexity index is 871. The van der Waals surface area contributed by atoms with Gasteiger partial charge in [0.25, 0.3) is 0 Å². The van der Waals surface area contributed by atoms with Gasteiger partial charge in [0.15, 0.2) is 0 Å². The van der Waals surface area contributed by atoms with Crippen LogP contribution in [0.3, 0.4) is 0 Å². The second-order valence-corrected chi connectivity index (χ2v) is 5.83. The maximum absolute atomic E-state index is 14.3. The van der Waals surface area contributed by atoms with E-state index < -0.39 is 0 Å². The van der Waals surface area contributed by atoms with E-state index in [2.05, 4.69) is 13.0 Å². The zero-order chi connectivity index (χ0) is 16.9. The standard InChI is InChI=1S/C22H18FN/c1-2-3-16-6-13-21(22(23)14-16)20-11-9-19(10-12-20)18-7-4-17(15-24)5-8-18/h4-14H,2-3H2,1H3. The molecule has 3 aromatic rings. The van der Waals surface area contributed by atoms with Crippen molar-refractivity contribution in [2.75, 3.05) is 0 Å². The third-order valence-electron chi connectivity index (χ3n) is 4.12. The highest BCUT2D eigenvalue weighted by atomic mass is 19.1. The van der Waals surface area contributed by atoms with Crippen molar-refractivity contribution in [3.63, 3.8) is 0 Å². The number of rotatable bonds is 4. The molecule has 1 nitrogen and oxygen atoms in total. The van der Waals surface area contributed by atoms with Crippen LogP contribution in [-0.4, -0.2) is 0 Å². The molecule has 0 bridgehead atoms. The molecule has 3 aromatic carbocycles. The maximum atomic E-state index is 14.3. The van der Waals surface area contributed by atoms with Crippen molar-refractivity contribution >= 4 is 0 Å². The monoisotopic (exact) mass is 315 g/mol. The lowest BCUT2D eigenvalue weighted by Crippen LogP contribution is -1.89. The molecule has 0 unspecified atom stereocenters. The lowest BCUT2D eigenvalue weighted by molar-refractivity contribution is 0.628. The van der Waals surface area contributed by atoms with E-state index in [-0.39, 0.29) is 5.82 Å². The minimum atomic E-state index is -0.174. The molecule has 118 valence electrons. The highest BCUT2D eigenvalue weighted by Gasteiger charge is 2.07. The normalized spacial score (nSPS) is 10.4. The van der Waals surface area contributed by atoms with Gasteiger partial charge in [0.1, 0.15) is 5.82 Å². The van der Waals surface area contributed by atoms with E-state index >= 15 is 0 Å². The van der Waals surface area contributed by atoms with Crippen LogP contribution in [0.5, 0.6) is 0 Å². The van der Waals surface area contributed by atoms with Crippen LogP contribution in [0.4, 0.5) is 4.39 Å². The lowest BCUT2D eigenvalue weighted by atomic mass is 9.98. The molecule has 24 heavy (non-hydrogen) atoms. The van der Waals surface area contributed by atoms with Crippen molar-refractivity contribution in [1.29, 1.82) is 5.26 Å². The summed E-state index contributed by atoms with van der Waals surface area (Å²) in [6, 6.07) is 22.9. The Balaban J connectivity index is 1.87. The largest absolute Gasteiger partial charge is 0.206 e. The summed E-state index contributed by atoms with van der Waals surface area (Å²) in [6.45, 7) is 2.09. The molecule has 0 saturated carbocycles. The molecule has 0 fully saturated rings. The first-order chi connectivity index (χ1) is 11.7. The van der Waals surface area contributed by atoms with Gasteiger partial charge in [0.05, 0.1) is 11.6 Å². The van der Waals surface area contributed by atoms with Crippen molar-refractivity contribution < 1.29 is 4.39 Å². The third kappa shape index (κ3) is 3.36. The summed E-state index contributed by atoms with van der Waals surface area (Å²) in [6.07, 6.45) is 1.91. The van der Waals surface area contributed by atoms with Gasteiger partial charge in [-0.3, -0.25) is 0 Å². The zero-order valence-electron chi connectivity index (χ0n) is 13.6. The molecule has 0 atom stereocenters. The average Bonchev–Trinajstić information content (AvgIpc) is 2.62. The Hall–Kier alpha value is -2.92. The molecule has 0 spiro atoms. The van der Waals surface area contributed by atoms with Crippen LogP contribution in [0.2, 0.25) is 0 Å². The number of aryl methyl sites for hydroxylation is 1. The fraction of sp³-hybridized carbons (Fsp3) is 0.136. The van der Waals surface area contributed by atoms with E-state index in [0.717, 1.165) is 35.1 Å². The van der Waals surface area contributed by atoms with Crippen molar-refractivity contribution in [2.45, 2.75) is 19.8 Å². The number of hydrogen-bond donors (Lipinski definition) is 0. The molecule has 0 N–H and O–H groups in total. The minimum absolute atomic E-state index is 0.174. The Morgan fingerprint density at radius 3 is 1.96 bits per heavy atom. The number of hydrogen-bond acceptors (Lipinski definition) is 1. The summed E-state index contributed by atoms with van der Waals surface area (Å²) in [5, 5.41) is 8.86. The number of nitrogens with zero attached hydrogens (tertiary/aromatic N) is 1. The van der Waals surface area contributed by atoms with E-state index in [1.807, 2.05) is 48.5 Å². The van der Waals surface area contributed by atoms with Gasteiger partial charge in [-0.05, 0) is 46.9 Å². The second kappa shape index (κ2) is 7.10. The fourth-order valence-corrected chi connectivity index (χ4v) is 2.82. The van der Waals surface area contributed by atoms with Crippen LogP contribution in [-0.2, 0) is 6.42 Å². The van der Waals surface area contributed by atoms with E-state index in [4.69, 9.17) is 5.26 Å². The van der Waals surface area contributed by atoms with Crippen LogP contribution in [0.15, 0.2) is 66.7 Å². The zero-order valence-corrected chi connectivity index (χ0v) is 13.6. The van der Waals surface area contributed by atoms with Crippen LogP contribution < -0.4 is 0 Å². The number of benzene rings is 3. The van der Waals surface area contributed by atoms with Gasteiger partial charge in [-0.1, -0.05) is 61.9 Å². The van der Waals surface area contributed by atoms with Crippen LogP contribution in [0.1, 0.15) is 24.5 Å². The quantitative estimate of drug-likeness (QED) is 0.580. The van der Waals surface area contributed by atoms with Crippen LogP contribution >= 0.6 is 0 Å². The molecule has 2 heteroatoms. The SMILES string of the molecule is CCCc1ccc(-c2ccc(-c3ccc(C#N)cc3)cc2)c(F)c1. The van der Waals surface area contributed by atoms with Gasteiger partial charge < -0.3 is 0 Å². The molecule has 0 saturated heterocycles. The predicted molar refractivity (Wildman–Crippen MR) is 96.0 cm³/mol. The van der Waals surface area contributed by atoms with Crippen molar-refractivity contribution in [2.24, 2.45) is 0 Å². The molecule has 3 rings (SSSR count). The van der Waals surface area contributed by atoms with Crippen molar-refractivity contribution in [1.82, 2.24) is 0 Å². The van der Waals surface area contributed by atoms with Gasteiger partial charge in [-0.2, -0.15) is 5.26 Å². The summed E-state index contributed by atoms with van der Waals surface area (Å²) in [5.41, 5.74) is 5.26. The Labute approximate surface area is 142 Å². The number of nitriles is 1. The molecule has 0 aromatic heterocycles. The summed E-state index contributed by atoms with van der Waals surface area (Å²) in [4.78, 5) is 0. The summed E-state index contributed by atoms with van der Waals surface area (Å²) in [7, 11) is 0. The van der Waals surface area contributed by atoms with Crippen LogP contribution in [0.25, 0.3) is 22.3 Å². The molecule has 0 aliphatic rings. The Morgan fingerprint density at radius 2 is 1.42 bits per heavy atom. The molecule has 0 radical (unpaired) electrons.